The minimum atomic E-state index is -0.183. The van der Waals surface area contributed by atoms with Crippen LogP contribution in [0.3, 0.4) is 0 Å². The minimum Gasteiger partial charge on any atom is -0.396 e. The van der Waals surface area contributed by atoms with Crippen molar-refractivity contribution in [2.24, 2.45) is 11.8 Å². The second kappa shape index (κ2) is 14.9. The van der Waals surface area contributed by atoms with Crippen molar-refractivity contribution in [3.05, 3.63) is 60.4 Å². The summed E-state index contributed by atoms with van der Waals surface area (Å²) in [6, 6.07) is 14.6. The highest BCUT2D eigenvalue weighted by Gasteiger charge is 2.07. The lowest BCUT2D eigenvalue weighted by Gasteiger charge is -2.08. The van der Waals surface area contributed by atoms with Gasteiger partial charge in [0.05, 0.1) is 23.4 Å². The molecule has 5 nitrogen and oxygen atoms in total. The Morgan fingerprint density at radius 1 is 0.879 bits per heavy atom. The van der Waals surface area contributed by atoms with Crippen LogP contribution < -0.4 is 0 Å². The Kier molecular flexibility index (Phi) is 13.1. The lowest BCUT2D eigenvalue weighted by atomic mass is 10.2. The molecule has 2 aromatic heterocycles. The highest BCUT2D eigenvalue weighted by Crippen LogP contribution is 2.59. The summed E-state index contributed by atoms with van der Waals surface area (Å²) in [6.45, 7) is 8.29. The van der Waals surface area contributed by atoms with Crippen LogP contribution in [0.5, 0.6) is 0 Å². The van der Waals surface area contributed by atoms with Gasteiger partial charge in [0.2, 0.25) is 0 Å². The fourth-order valence-corrected chi connectivity index (χ4v) is 3.40. The second-order valence-corrected chi connectivity index (χ2v) is 24.0. The van der Waals surface area contributed by atoms with Gasteiger partial charge in [0, 0.05) is 35.8 Å². The van der Waals surface area contributed by atoms with E-state index >= 15 is 0 Å². The number of rotatable bonds is 6. The van der Waals surface area contributed by atoms with E-state index in [4.69, 9.17) is 5.11 Å². The second-order valence-electron chi connectivity index (χ2n) is 8.01. The van der Waals surface area contributed by atoms with Crippen LogP contribution in [0.1, 0.15) is 19.4 Å². The third-order valence-electron chi connectivity index (χ3n) is 4.90. The van der Waals surface area contributed by atoms with Crippen LogP contribution in [0, 0.1) is 18.8 Å². The van der Waals surface area contributed by atoms with Gasteiger partial charge in [0.1, 0.15) is 4.03 Å². The zero-order chi connectivity index (χ0) is 24.4. The molecule has 2 heterocycles. The van der Waals surface area contributed by atoms with E-state index in [1.807, 2.05) is 48.3 Å². The van der Waals surface area contributed by atoms with Gasteiger partial charge in [-0.05, 0) is 82.9 Å². The van der Waals surface area contributed by atoms with Crippen LogP contribution in [-0.2, 0) is 13.1 Å². The lowest BCUT2D eigenvalue weighted by molar-refractivity contribution is 0.220. The summed E-state index contributed by atoms with van der Waals surface area (Å²) in [4.78, 5) is 0. The normalized spacial score (nSPS) is 12.8. The average molecular weight is 728 g/mol. The number of hydrogen-bond acceptors (Lipinski definition) is 3. The van der Waals surface area contributed by atoms with Gasteiger partial charge in [-0.25, -0.2) is 0 Å². The molecule has 2 atom stereocenters. The summed E-state index contributed by atoms with van der Waals surface area (Å²) < 4.78 is 3.85. The average Bonchev–Trinajstić information content (AvgIpc) is 3.37. The maximum atomic E-state index is 8.96. The number of benzene rings is 2. The van der Waals surface area contributed by atoms with Crippen molar-refractivity contribution in [1.82, 2.24) is 19.6 Å². The van der Waals surface area contributed by atoms with Crippen LogP contribution in [0.25, 0.3) is 21.8 Å². The Morgan fingerprint density at radius 3 is 2.03 bits per heavy atom. The summed E-state index contributed by atoms with van der Waals surface area (Å²) >= 11 is 13.0. The maximum absolute atomic E-state index is 8.96. The predicted octanol–water partition coefficient (Wildman–Crippen LogP) is 8.44. The van der Waals surface area contributed by atoms with E-state index in [1.165, 1.54) is 16.5 Å². The Morgan fingerprint density at radius 2 is 1.42 bits per heavy atom. The largest absolute Gasteiger partial charge is 0.396 e. The zero-order valence-corrected chi connectivity index (χ0v) is 26.1. The van der Waals surface area contributed by atoms with Gasteiger partial charge in [-0.2, -0.15) is 10.2 Å². The molecule has 4 rings (SSSR count). The van der Waals surface area contributed by atoms with Gasteiger partial charge >= 0.3 is 0 Å². The lowest BCUT2D eigenvalue weighted by Crippen LogP contribution is -2.11. The molecule has 0 amide bonds. The van der Waals surface area contributed by atoms with Gasteiger partial charge in [-0.15, -0.1) is 0 Å². The van der Waals surface area contributed by atoms with Gasteiger partial charge < -0.3 is 5.11 Å². The number of fused-ring (bicyclic) bond motifs is 2. The first-order chi connectivity index (χ1) is 15.7. The minimum absolute atomic E-state index is 0.183. The molecule has 0 saturated carbocycles. The number of aliphatic hydroxyl groups excluding tert-OH is 1. The fraction of sp³-hybridized carbons (Fsp3) is 0.391. The van der Waals surface area contributed by atoms with Crippen LogP contribution in [0.2, 0.25) is 0 Å². The number of aromatic nitrogens is 4. The monoisotopic (exact) mass is 724 g/mol. The summed E-state index contributed by atoms with van der Waals surface area (Å²) in [5, 5.41) is 21.1. The van der Waals surface area contributed by atoms with E-state index in [9.17, 15) is 0 Å². The van der Waals surface area contributed by atoms with E-state index < -0.39 is 0 Å². The molecule has 0 bridgehead atoms. The number of aliphatic hydroxyl groups is 1. The molecule has 2 aromatic carbocycles. The third kappa shape index (κ3) is 9.69. The smallest absolute Gasteiger partial charge is 0.103 e. The Labute approximate surface area is 229 Å². The number of hydrogen-bond donors (Lipinski definition) is 1. The summed E-state index contributed by atoms with van der Waals surface area (Å²) in [5.74, 6) is 0.854. The molecule has 33 heavy (non-hydrogen) atoms. The molecule has 0 aliphatic carbocycles. The third-order valence-corrected chi connectivity index (χ3v) is 6.00. The van der Waals surface area contributed by atoms with Crippen molar-refractivity contribution in [2.45, 2.75) is 33.9 Å². The fourth-order valence-electron chi connectivity index (χ4n) is 3.19. The molecule has 4 aromatic rings. The first kappa shape index (κ1) is 28.9. The zero-order valence-electron chi connectivity index (χ0n) is 18.9. The Bertz CT molecular complexity index is 1120. The molecule has 180 valence electrons. The number of alkyl halides is 1. The van der Waals surface area contributed by atoms with Crippen molar-refractivity contribution < 1.29 is 5.11 Å². The first-order valence-corrected chi connectivity index (χ1v) is 19.0. The van der Waals surface area contributed by atoms with Crippen molar-refractivity contribution >= 4 is 88.2 Å². The molecule has 0 spiro atoms. The van der Waals surface area contributed by atoms with Gasteiger partial charge in [0.15, 0.2) is 0 Å². The number of para-hydroxylation sites is 1. The molecule has 0 unspecified atom stereocenters. The molecule has 0 fully saturated rings. The number of halogens is 4. The van der Waals surface area contributed by atoms with E-state index in [1.54, 1.807) is 0 Å². The topological polar surface area (TPSA) is 55.9 Å². The maximum Gasteiger partial charge on any atom is 0.103 e. The summed E-state index contributed by atoms with van der Waals surface area (Å²) in [5.41, 5.74) is 3.66. The summed E-state index contributed by atoms with van der Waals surface area (Å²) in [6.07, 6.45) is 3.80. The Hall–Kier alpha value is -0.310. The molecule has 0 radical (unpaired) electrons. The van der Waals surface area contributed by atoms with E-state index in [-0.39, 0.29) is 16.6 Å². The molecule has 1 N–H and O–H groups in total. The van der Waals surface area contributed by atoms with Crippen molar-refractivity contribution in [1.29, 1.82) is 0 Å². The van der Waals surface area contributed by atoms with Gasteiger partial charge in [-0.3, -0.25) is 9.36 Å². The molecule has 0 aliphatic heterocycles. The van der Waals surface area contributed by atoms with E-state index in [0.717, 1.165) is 29.3 Å². The predicted molar refractivity (Wildman–Crippen MR) is 157 cm³/mol. The van der Waals surface area contributed by atoms with E-state index in [0.29, 0.717) is 5.92 Å². The SMILES string of the molecule is BrP(Br)Br.C[C@H](CO)Cn1ncc2ccccc21.Cc1ccc2cnn(C[C@H](C)CBr)c2c1. The molecular formula is C23H29Br4N4OP. The molecule has 0 saturated heterocycles. The van der Waals surface area contributed by atoms with Crippen molar-refractivity contribution in [3.8, 4) is 0 Å². The molecule has 10 heteroatoms. The standard InChI is InChI=1S/C12H15BrN2.C11H14N2O.Br3P/c1-9-3-4-11-7-14-15(12(11)5-9)8-10(2)6-13;1-9(8-14)7-13-11-5-3-2-4-10(11)6-12-13;1-4(2)3/h3-5,7,10H,6,8H2,1-2H3;2-6,9,14H,7-8H2,1H3;/t10-;9-;/m10./s1. The van der Waals surface area contributed by atoms with Crippen LogP contribution in [0.15, 0.2) is 54.9 Å². The highest BCUT2D eigenvalue weighted by atomic mass is 80.0. The van der Waals surface area contributed by atoms with Crippen LogP contribution in [0.4, 0.5) is 0 Å². The van der Waals surface area contributed by atoms with Gasteiger partial charge in [-0.1, -0.05) is 60.1 Å². The number of aryl methyl sites for hydroxylation is 1. The quantitative estimate of drug-likeness (QED) is 0.160. The van der Waals surface area contributed by atoms with Crippen molar-refractivity contribution in [3.63, 3.8) is 0 Å². The van der Waals surface area contributed by atoms with Gasteiger partial charge in [0.25, 0.3) is 0 Å². The number of nitrogens with zero attached hydrogens (tertiary/aromatic N) is 4. The highest BCUT2D eigenvalue weighted by molar-refractivity contribution is 9.93. The molecule has 0 aliphatic rings. The Balaban J connectivity index is 0.000000202. The van der Waals surface area contributed by atoms with Crippen LogP contribution in [-0.4, -0.2) is 36.6 Å². The van der Waals surface area contributed by atoms with E-state index in [2.05, 4.69) is 109 Å². The summed E-state index contributed by atoms with van der Waals surface area (Å²) in [7, 11) is 0. The molecular weight excluding hydrogens is 699 g/mol. The van der Waals surface area contributed by atoms with Crippen LogP contribution >= 0.6 is 66.4 Å². The van der Waals surface area contributed by atoms with Crippen molar-refractivity contribution in [2.75, 3.05) is 11.9 Å². The first-order valence-electron chi connectivity index (χ1n) is 10.5.